The Labute approximate surface area is 271 Å². The SMILES string of the molecule is COCCOc1cc2cc(c1)C(=O)NCCNC(=O)N[C@H]1CCN(CCn3c(=O)oc4ccccc43)C[C@@H]1OCc1cccc(c1)O2. The van der Waals surface area contributed by atoms with Gasteiger partial charge in [-0.2, -0.15) is 0 Å². The highest BCUT2D eigenvalue weighted by molar-refractivity contribution is 5.95. The molecule has 6 rings (SSSR count). The molecule has 3 aromatic carbocycles. The van der Waals surface area contributed by atoms with E-state index < -0.39 is 0 Å². The number of ether oxygens (including phenoxy) is 4. The van der Waals surface area contributed by atoms with E-state index in [4.69, 9.17) is 23.4 Å². The number of rotatable bonds is 7. The predicted molar refractivity (Wildman–Crippen MR) is 173 cm³/mol. The summed E-state index contributed by atoms with van der Waals surface area (Å²) in [6, 6.07) is 19.3. The molecule has 1 fully saturated rings. The molecule has 47 heavy (non-hydrogen) atoms. The van der Waals surface area contributed by atoms with Crippen molar-refractivity contribution in [3.63, 3.8) is 0 Å². The Hall–Kier alpha value is -4.85. The Kier molecular flexibility index (Phi) is 10.4. The molecule has 13 nitrogen and oxygen atoms in total. The van der Waals surface area contributed by atoms with Crippen molar-refractivity contribution in [2.45, 2.75) is 31.7 Å². The fourth-order valence-electron chi connectivity index (χ4n) is 5.78. The first kappa shape index (κ1) is 32.1. The van der Waals surface area contributed by atoms with Crippen LogP contribution in [0.5, 0.6) is 17.2 Å². The van der Waals surface area contributed by atoms with Gasteiger partial charge in [0.15, 0.2) is 5.58 Å². The summed E-state index contributed by atoms with van der Waals surface area (Å²) >= 11 is 0. The van der Waals surface area contributed by atoms with Crippen molar-refractivity contribution in [1.82, 2.24) is 25.4 Å². The summed E-state index contributed by atoms with van der Waals surface area (Å²) in [6.45, 7) is 3.79. The molecule has 4 aromatic rings. The summed E-state index contributed by atoms with van der Waals surface area (Å²) in [5, 5.41) is 8.73. The normalized spacial score (nSPS) is 19.3. The maximum absolute atomic E-state index is 13.0. The van der Waals surface area contributed by atoms with Crippen molar-refractivity contribution < 1.29 is 33.0 Å². The second kappa shape index (κ2) is 15.2. The summed E-state index contributed by atoms with van der Waals surface area (Å²) < 4.78 is 30.5. The first-order valence-electron chi connectivity index (χ1n) is 15.7. The Balaban J connectivity index is 1.18. The predicted octanol–water partition coefficient (Wildman–Crippen LogP) is 3.11. The quantitative estimate of drug-likeness (QED) is 0.258. The fraction of sp³-hybridized carbons (Fsp3) is 0.382. The average molecular weight is 646 g/mol. The van der Waals surface area contributed by atoms with E-state index in [1.165, 1.54) is 0 Å². The number of aromatic nitrogens is 1. The lowest BCUT2D eigenvalue weighted by atomic mass is 10.0. The van der Waals surface area contributed by atoms with Gasteiger partial charge in [0, 0.05) is 58.0 Å². The Morgan fingerprint density at radius 1 is 0.915 bits per heavy atom. The van der Waals surface area contributed by atoms with Gasteiger partial charge in [-0.1, -0.05) is 24.3 Å². The van der Waals surface area contributed by atoms with Crippen LogP contribution < -0.4 is 31.2 Å². The van der Waals surface area contributed by atoms with E-state index in [9.17, 15) is 14.4 Å². The number of carbonyl (C=O) groups is 2. The molecule has 2 atom stereocenters. The zero-order chi connectivity index (χ0) is 32.6. The van der Waals surface area contributed by atoms with Crippen LogP contribution in [0.2, 0.25) is 0 Å². The van der Waals surface area contributed by atoms with Crippen molar-refractivity contribution in [2.24, 2.45) is 0 Å². The van der Waals surface area contributed by atoms with Crippen LogP contribution in [-0.4, -0.2) is 86.6 Å². The molecule has 1 aromatic heterocycles. The highest BCUT2D eigenvalue weighted by Gasteiger charge is 2.31. The highest BCUT2D eigenvalue weighted by Crippen LogP contribution is 2.29. The molecule has 0 radical (unpaired) electrons. The van der Waals surface area contributed by atoms with Gasteiger partial charge in [-0.05, 0) is 48.4 Å². The fourth-order valence-corrected chi connectivity index (χ4v) is 5.78. The number of hydrogen-bond donors (Lipinski definition) is 3. The van der Waals surface area contributed by atoms with Crippen LogP contribution in [0.4, 0.5) is 4.79 Å². The molecule has 3 amide bonds. The van der Waals surface area contributed by atoms with Gasteiger partial charge in [-0.3, -0.25) is 14.3 Å². The highest BCUT2D eigenvalue weighted by atomic mass is 16.5. The minimum Gasteiger partial charge on any atom is -0.491 e. The summed E-state index contributed by atoms with van der Waals surface area (Å²) in [5.41, 5.74) is 2.57. The molecule has 2 aliphatic heterocycles. The largest absolute Gasteiger partial charge is 0.491 e. The number of methoxy groups -OCH3 is 1. The zero-order valence-electron chi connectivity index (χ0n) is 26.2. The number of oxazole rings is 1. The standard InChI is InChI=1S/C34H39N5O8/c1-43-15-16-44-26-18-24-19-27(20-26)46-25-6-4-5-23(17-25)22-45-31-21-38(12-9-28(31)37-33(41)36-11-10-35-32(24)40)13-14-39-29-7-2-3-8-30(29)47-34(39)42/h2-8,17-20,28,31H,9-16,21-22H2,1H3,(H,35,40)(H2,36,37,41)/t28-,31-/m0/s1. The van der Waals surface area contributed by atoms with Crippen molar-refractivity contribution in [3.8, 4) is 17.2 Å². The van der Waals surface area contributed by atoms with Crippen LogP contribution in [0, 0.1) is 0 Å². The summed E-state index contributed by atoms with van der Waals surface area (Å²) in [5.74, 6) is 0.774. The molecular formula is C34H39N5O8. The number of nitrogens with zero attached hydrogens (tertiary/aromatic N) is 2. The van der Waals surface area contributed by atoms with Crippen LogP contribution in [-0.2, 0) is 22.6 Å². The topological polar surface area (TPSA) is 146 Å². The van der Waals surface area contributed by atoms with E-state index in [-0.39, 0.29) is 49.5 Å². The Morgan fingerprint density at radius 2 is 1.79 bits per heavy atom. The molecule has 1 saturated heterocycles. The van der Waals surface area contributed by atoms with E-state index in [1.807, 2.05) is 42.5 Å². The number of fused-ring (bicyclic) bond motifs is 6. The summed E-state index contributed by atoms with van der Waals surface area (Å²) in [7, 11) is 1.59. The summed E-state index contributed by atoms with van der Waals surface area (Å²) in [6.07, 6.45) is 0.335. The molecule has 0 spiro atoms. The zero-order valence-corrected chi connectivity index (χ0v) is 26.2. The van der Waals surface area contributed by atoms with Crippen molar-refractivity contribution in [1.29, 1.82) is 0 Å². The molecular weight excluding hydrogens is 606 g/mol. The lowest BCUT2D eigenvalue weighted by molar-refractivity contribution is -0.0290. The van der Waals surface area contributed by atoms with Crippen LogP contribution in [0.1, 0.15) is 22.3 Å². The smallest absolute Gasteiger partial charge is 0.419 e. The van der Waals surface area contributed by atoms with E-state index >= 15 is 0 Å². The van der Waals surface area contributed by atoms with Gasteiger partial charge in [-0.25, -0.2) is 9.59 Å². The lowest BCUT2D eigenvalue weighted by Crippen LogP contribution is -2.57. The van der Waals surface area contributed by atoms with E-state index in [0.717, 1.165) is 11.1 Å². The lowest BCUT2D eigenvalue weighted by Gasteiger charge is -2.38. The van der Waals surface area contributed by atoms with E-state index in [0.29, 0.717) is 74.2 Å². The van der Waals surface area contributed by atoms with Gasteiger partial charge in [0.25, 0.3) is 5.91 Å². The molecule has 4 bridgehead atoms. The monoisotopic (exact) mass is 645 g/mol. The number of hydrogen-bond acceptors (Lipinski definition) is 9. The van der Waals surface area contributed by atoms with Crippen LogP contribution in [0.15, 0.2) is 75.9 Å². The minimum absolute atomic E-state index is 0.222. The first-order valence-corrected chi connectivity index (χ1v) is 15.7. The van der Waals surface area contributed by atoms with Gasteiger partial charge in [0.2, 0.25) is 0 Å². The summed E-state index contributed by atoms with van der Waals surface area (Å²) in [4.78, 5) is 40.7. The molecule has 3 N–H and O–H groups in total. The average Bonchev–Trinajstić information content (AvgIpc) is 3.39. The number of para-hydroxylation sites is 2. The number of benzene rings is 3. The Morgan fingerprint density at radius 3 is 2.68 bits per heavy atom. The van der Waals surface area contributed by atoms with Crippen LogP contribution >= 0.6 is 0 Å². The second-order valence-electron chi connectivity index (χ2n) is 11.5. The van der Waals surface area contributed by atoms with Crippen LogP contribution in [0.25, 0.3) is 11.1 Å². The molecule has 3 heterocycles. The number of urea groups is 1. The third-order valence-corrected chi connectivity index (χ3v) is 8.17. The maximum Gasteiger partial charge on any atom is 0.419 e. The first-order chi connectivity index (χ1) is 22.9. The third-order valence-electron chi connectivity index (χ3n) is 8.17. The second-order valence-corrected chi connectivity index (χ2v) is 11.5. The number of carbonyl (C=O) groups excluding carboxylic acids is 2. The minimum atomic E-state index is -0.383. The number of piperidine rings is 1. The molecule has 0 unspecified atom stereocenters. The molecule has 0 aliphatic carbocycles. The van der Waals surface area contributed by atoms with Gasteiger partial charge in [-0.15, -0.1) is 0 Å². The van der Waals surface area contributed by atoms with Gasteiger partial charge in [0.05, 0.1) is 30.9 Å². The maximum atomic E-state index is 13.0. The third kappa shape index (κ3) is 8.30. The molecule has 248 valence electrons. The van der Waals surface area contributed by atoms with Crippen molar-refractivity contribution >= 4 is 23.0 Å². The van der Waals surface area contributed by atoms with Gasteiger partial charge in [0.1, 0.15) is 23.9 Å². The van der Waals surface area contributed by atoms with Gasteiger partial charge < -0.3 is 39.3 Å². The number of nitrogens with one attached hydrogen (secondary N) is 3. The molecule has 13 heteroatoms. The van der Waals surface area contributed by atoms with Crippen molar-refractivity contribution in [3.05, 3.63) is 88.4 Å². The van der Waals surface area contributed by atoms with E-state index in [1.54, 1.807) is 35.9 Å². The van der Waals surface area contributed by atoms with Crippen molar-refractivity contribution in [2.75, 3.05) is 53.0 Å². The molecule has 0 saturated carbocycles. The van der Waals surface area contributed by atoms with E-state index in [2.05, 4.69) is 20.9 Å². The number of amides is 3. The Bertz CT molecular complexity index is 1750. The van der Waals surface area contributed by atoms with Crippen LogP contribution in [0.3, 0.4) is 0 Å². The van der Waals surface area contributed by atoms with Gasteiger partial charge >= 0.3 is 11.8 Å². The molecule has 2 aliphatic rings. The number of likely N-dealkylation sites (tertiary alicyclic amines) is 1.